The lowest BCUT2D eigenvalue weighted by Gasteiger charge is -2.46. The van der Waals surface area contributed by atoms with E-state index in [9.17, 15) is 34.8 Å². The number of allylic oxidation sites excluding steroid dienone is 3. The van der Waals surface area contributed by atoms with E-state index >= 15 is 0 Å². The molecule has 44 heavy (non-hydrogen) atoms. The minimum Gasteiger partial charge on any atom is -0.508 e. The molecule has 4 aliphatic carbocycles. The van der Waals surface area contributed by atoms with Crippen molar-refractivity contribution in [2.45, 2.75) is 77.2 Å². The van der Waals surface area contributed by atoms with Gasteiger partial charge in [0.1, 0.15) is 22.8 Å². The summed E-state index contributed by atoms with van der Waals surface area (Å²) in [7, 11) is 0. The molecule has 0 unspecified atom stereocenters. The number of phenols is 1. The summed E-state index contributed by atoms with van der Waals surface area (Å²) in [5.41, 5.74) is 1.54. The van der Waals surface area contributed by atoms with Gasteiger partial charge in [-0.1, -0.05) is 56.0 Å². The van der Waals surface area contributed by atoms with E-state index in [0.29, 0.717) is 17.0 Å². The standard InChI is InChI=1S/C37H36O7/c1-19(2)22-11-13-23(14-12-22)27-16-24(10-9-21-7-5-4-6-8-21)33(40)32-28(27)17-25-15-26-18-29(39)30(20(3)38)35(42)37(26,44)36(43)31(25)34(32)41/h7,11-14,16,19,25-26,40-42,44H,4-6,8,15,17-18H2,1-3H3/t25-,26+,37-/m0/s1. The highest BCUT2D eigenvalue weighted by Gasteiger charge is 2.60. The van der Waals surface area contributed by atoms with E-state index in [2.05, 4.69) is 31.8 Å². The number of ketones is 3. The number of carbonyl (C=O) groups is 3. The zero-order valence-electron chi connectivity index (χ0n) is 25.2. The Morgan fingerprint density at radius 1 is 1.02 bits per heavy atom. The van der Waals surface area contributed by atoms with Crippen LogP contribution < -0.4 is 0 Å². The topological polar surface area (TPSA) is 132 Å². The summed E-state index contributed by atoms with van der Waals surface area (Å²) in [5, 5.41) is 45.9. The van der Waals surface area contributed by atoms with Crippen LogP contribution in [-0.4, -0.2) is 43.4 Å². The maximum atomic E-state index is 14.0. The summed E-state index contributed by atoms with van der Waals surface area (Å²) >= 11 is 0. The normalized spacial score (nSPS) is 24.7. The Morgan fingerprint density at radius 3 is 2.39 bits per heavy atom. The van der Waals surface area contributed by atoms with Crippen molar-refractivity contribution < 1.29 is 34.8 Å². The van der Waals surface area contributed by atoms with Crippen LogP contribution in [0.1, 0.15) is 87.5 Å². The third kappa shape index (κ3) is 4.60. The predicted molar refractivity (Wildman–Crippen MR) is 166 cm³/mol. The molecule has 0 aromatic heterocycles. The molecule has 0 aliphatic heterocycles. The Balaban J connectivity index is 1.56. The van der Waals surface area contributed by atoms with Crippen LogP contribution in [-0.2, 0) is 20.8 Å². The molecule has 0 saturated heterocycles. The van der Waals surface area contributed by atoms with E-state index in [1.54, 1.807) is 0 Å². The molecule has 6 rings (SSSR count). The van der Waals surface area contributed by atoms with Gasteiger partial charge < -0.3 is 20.4 Å². The van der Waals surface area contributed by atoms with E-state index in [-0.39, 0.29) is 36.1 Å². The number of Topliss-reactive ketones (excluding diaryl/α,β-unsaturated/α-hetero) is 3. The van der Waals surface area contributed by atoms with Crippen molar-refractivity contribution in [2.24, 2.45) is 11.8 Å². The molecular weight excluding hydrogens is 556 g/mol. The molecule has 2 aromatic carbocycles. The van der Waals surface area contributed by atoms with E-state index < -0.39 is 51.9 Å². The van der Waals surface area contributed by atoms with Gasteiger partial charge in [-0.2, -0.15) is 0 Å². The maximum absolute atomic E-state index is 14.0. The zero-order chi connectivity index (χ0) is 31.5. The minimum atomic E-state index is -2.53. The van der Waals surface area contributed by atoms with E-state index in [4.69, 9.17) is 0 Å². The van der Waals surface area contributed by atoms with Gasteiger partial charge in [0.15, 0.2) is 17.2 Å². The SMILES string of the molecule is CC(=O)C1=C(O)[C@]2(O)C(=O)C3=C(O)c4c(O)c(C#CC5=CCCCC5)cc(-c5ccc(C(C)C)cc5)c4C[C@@H]3C[C@@H]2CC1=O. The van der Waals surface area contributed by atoms with Gasteiger partial charge in [-0.3, -0.25) is 14.4 Å². The van der Waals surface area contributed by atoms with Crippen LogP contribution in [0, 0.1) is 23.7 Å². The van der Waals surface area contributed by atoms with E-state index in [1.165, 1.54) is 0 Å². The minimum absolute atomic E-state index is 0.0705. The second-order valence-corrected chi connectivity index (χ2v) is 12.8. The van der Waals surface area contributed by atoms with Crippen LogP contribution in [0.4, 0.5) is 0 Å². The number of phenolic OH excluding ortho intramolecular Hbond substituents is 1. The third-order valence-corrected chi connectivity index (χ3v) is 9.71. The first-order chi connectivity index (χ1) is 20.9. The Hall–Kier alpha value is -4.41. The first-order valence-corrected chi connectivity index (χ1v) is 15.3. The average molecular weight is 593 g/mol. The zero-order valence-corrected chi connectivity index (χ0v) is 25.2. The molecule has 0 heterocycles. The summed E-state index contributed by atoms with van der Waals surface area (Å²) in [6, 6.07) is 9.90. The Morgan fingerprint density at radius 2 is 1.75 bits per heavy atom. The molecule has 4 aliphatic rings. The van der Waals surface area contributed by atoms with Gasteiger partial charge in [0, 0.05) is 17.9 Å². The third-order valence-electron chi connectivity index (χ3n) is 9.71. The Kier molecular flexibility index (Phi) is 7.37. The van der Waals surface area contributed by atoms with Gasteiger partial charge in [0.2, 0.25) is 5.78 Å². The summed E-state index contributed by atoms with van der Waals surface area (Å²) in [6.45, 7) is 5.31. The first-order valence-electron chi connectivity index (χ1n) is 15.3. The number of aliphatic hydroxyl groups is 3. The summed E-state index contributed by atoms with van der Waals surface area (Å²) in [5.74, 6) is 1.02. The number of aliphatic hydroxyl groups excluding tert-OH is 2. The molecule has 0 amide bonds. The number of rotatable bonds is 3. The molecule has 226 valence electrons. The maximum Gasteiger partial charge on any atom is 0.202 e. The molecule has 7 heteroatoms. The van der Waals surface area contributed by atoms with Crippen LogP contribution >= 0.6 is 0 Å². The first kappa shape index (κ1) is 29.7. The molecule has 0 spiro atoms. The van der Waals surface area contributed by atoms with Gasteiger partial charge in [-0.15, -0.1) is 0 Å². The van der Waals surface area contributed by atoms with Crippen molar-refractivity contribution in [3.8, 4) is 28.7 Å². The summed E-state index contributed by atoms with van der Waals surface area (Å²) in [4.78, 5) is 38.9. The number of fused-ring (bicyclic) bond motifs is 3. The second-order valence-electron chi connectivity index (χ2n) is 12.8. The monoisotopic (exact) mass is 592 g/mol. The van der Waals surface area contributed by atoms with Crippen molar-refractivity contribution in [3.63, 3.8) is 0 Å². The van der Waals surface area contributed by atoms with Crippen LogP contribution in [0.3, 0.4) is 0 Å². The largest absolute Gasteiger partial charge is 0.508 e. The molecule has 4 N–H and O–H groups in total. The molecule has 3 atom stereocenters. The molecule has 2 aromatic rings. The van der Waals surface area contributed by atoms with E-state index in [1.807, 2.05) is 30.3 Å². The van der Waals surface area contributed by atoms with E-state index in [0.717, 1.165) is 54.9 Å². The lowest BCUT2D eigenvalue weighted by molar-refractivity contribution is -0.147. The lowest BCUT2D eigenvalue weighted by Crippen LogP contribution is -2.57. The van der Waals surface area contributed by atoms with Gasteiger partial charge in [0.25, 0.3) is 0 Å². The smallest absolute Gasteiger partial charge is 0.202 e. The van der Waals surface area contributed by atoms with Crippen molar-refractivity contribution in [2.75, 3.05) is 0 Å². The highest BCUT2D eigenvalue weighted by Crippen LogP contribution is 2.53. The van der Waals surface area contributed by atoms with Crippen molar-refractivity contribution >= 4 is 23.1 Å². The second kappa shape index (κ2) is 10.9. The fraction of sp³-hybridized carbons (Fsp3) is 0.378. The van der Waals surface area contributed by atoms with Crippen molar-refractivity contribution in [3.05, 3.63) is 81.1 Å². The molecule has 7 nitrogen and oxygen atoms in total. The molecule has 0 radical (unpaired) electrons. The molecule has 1 fully saturated rings. The van der Waals surface area contributed by atoms with Crippen LogP contribution in [0.2, 0.25) is 0 Å². The summed E-state index contributed by atoms with van der Waals surface area (Å²) in [6.07, 6.45) is 6.15. The average Bonchev–Trinajstić information content (AvgIpc) is 2.99. The predicted octanol–water partition coefficient (Wildman–Crippen LogP) is 6.17. The van der Waals surface area contributed by atoms with Crippen molar-refractivity contribution in [1.29, 1.82) is 0 Å². The van der Waals surface area contributed by atoms with Gasteiger partial charge in [-0.05, 0) is 91.2 Å². The van der Waals surface area contributed by atoms with Gasteiger partial charge in [-0.25, -0.2) is 0 Å². The Labute approximate surface area is 256 Å². The number of benzene rings is 2. The van der Waals surface area contributed by atoms with Crippen LogP contribution in [0.15, 0.2) is 58.9 Å². The van der Waals surface area contributed by atoms with Gasteiger partial charge >= 0.3 is 0 Å². The Bertz CT molecular complexity index is 1770. The van der Waals surface area contributed by atoms with Crippen LogP contribution in [0.5, 0.6) is 5.75 Å². The van der Waals surface area contributed by atoms with Crippen molar-refractivity contribution in [1.82, 2.24) is 0 Å². The number of hydrogen-bond acceptors (Lipinski definition) is 7. The fourth-order valence-corrected chi connectivity index (χ4v) is 7.30. The number of hydrogen-bond donors (Lipinski definition) is 4. The fourth-order valence-electron chi connectivity index (χ4n) is 7.30. The molecule has 0 bridgehead atoms. The quantitative estimate of drug-likeness (QED) is 0.248. The highest BCUT2D eigenvalue weighted by molar-refractivity contribution is 6.23. The summed E-state index contributed by atoms with van der Waals surface area (Å²) < 4.78 is 0. The highest BCUT2D eigenvalue weighted by atomic mass is 16.3. The van der Waals surface area contributed by atoms with Gasteiger partial charge in [0.05, 0.1) is 11.1 Å². The lowest BCUT2D eigenvalue weighted by atomic mass is 9.59. The molecule has 1 saturated carbocycles. The molecular formula is C37H36O7. The number of aromatic hydroxyl groups is 1. The number of carbonyl (C=O) groups excluding carboxylic acids is 3. The van der Waals surface area contributed by atoms with Crippen LogP contribution in [0.25, 0.3) is 16.9 Å².